The van der Waals surface area contributed by atoms with E-state index in [2.05, 4.69) is 58.4 Å². The van der Waals surface area contributed by atoms with E-state index in [1.54, 1.807) is 0 Å². The number of aliphatic hydroxyl groups is 1. The van der Waals surface area contributed by atoms with Gasteiger partial charge in [0.1, 0.15) is 12.4 Å². The smallest absolute Gasteiger partial charge is 0.127 e. The summed E-state index contributed by atoms with van der Waals surface area (Å²) in [5.74, 6) is 0.867. The Hall–Kier alpha value is -2.10. The van der Waals surface area contributed by atoms with Crippen molar-refractivity contribution in [2.45, 2.75) is 19.4 Å². The predicted molar refractivity (Wildman–Crippen MR) is 106 cm³/mol. The molecular formula is C22H21BrO2. The molecule has 2 nitrogen and oxygen atoms in total. The molecule has 3 aromatic rings. The van der Waals surface area contributed by atoms with Crippen molar-refractivity contribution < 1.29 is 9.84 Å². The maximum Gasteiger partial charge on any atom is 0.127 e. The van der Waals surface area contributed by atoms with Gasteiger partial charge in [0.25, 0.3) is 0 Å². The van der Waals surface area contributed by atoms with Crippen LogP contribution in [0.5, 0.6) is 5.75 Å². The predicted octanol–water partition coefficient (Wildman–Crippen LogP) is 5.62. The zero-order chi connectivity index (χ0) is 17.5. The van der Waals surface area contributed by atoms with Gasteiger partial charge in [-0.15, -0.1) is 0 Å². The molecule has 0 bridgehead atoms. The van der Waals surface area contributed by atoms with E-state index in [-0.39, 0.29) is 6.61 Å². The molecule has 0 heterocycles. The minimum Gasteiger partial charge on any atom is -0.488 e. The highest BCUT2D eigenvalue weighted by molar-refractivity contribution is 9.10. The van der Waals surface area contributed by atoms with Crippen LogP contribution in [0.4, 0.5) is 0 Å². The minimum absolute atomic E-state index is 0.215. The molecule has 0 amide bonds. The van der Waals surface area contributed by atoms with E-state index in [1.807, 2.05) is 30.3 Å². The summed E-state index contributed by atoms with van der Waals surface area (Å²) in [5, 5.41) is 9.05. The van der Waals surface area contributed by atoms with Gasteiger partial charge in [-0.3, -0.25) is 0 Å². The Morgan fingerprint density at radius 3 is 2.44 bits per heavy atom. The third-order valence-electron chi connectivity index (χ3n) is 4.04. The lowest BCUT2D eigenvalue weighted by Gasteiger charge is -2.13. The molecule has 0 aromatic heterocycles. The first-order chi connectivity index (χ1) is 12.3. The van der Waals surface area contributed by atoms with Gasteiger partial charge in [-0.25, -0.2) is 0 Å². The summed E-state index contributed by atoms with van der Waals surface area (Å²) in [5.41, 5.74) is 4.56. The molecule has 3 rings (SSSR count). The largest absolute Gasteiger partial charge is 0.488 e. The number of aryl methyl sites for hydroxylation is 1. The highest BCUT2D eigenvalue weighted by Gasteiger charge is 2.09. The van der Waals surface area contributed by atoms with Gasteiger partial charge in [-0.1, -0.05) is 70.5 Å². The number of aliphatic hydroxyl groups excluding tert-OH is 1. The van der Waals surface area contributed by atoms with Crippen molar-refractivity contribution in [2.75, 3.05) is 6.61 Å². The summed E-state index contributed by atoms with van der Waals surface area (Å²) < 4.78 is 7.12. The summed E-state index contributed by atoms with van der Waals surface area (Å²) in [7, 11) is 0. The van der Waals surface area contributed by atoms with Crippen LogP contribution in [0.2, 0.25) is 0 Å². The van der Waals surface area contributed by atoms with E-state index >= 15 is 0 Å². The first-order valence-electron chi connectivity index (χ1n) is 8.43. The monoisotopic (exact) mass is 396 g/mol. The second kappa shape index (κ2) is 8.84. The third kappa shape index (κ3) is 4.94. The van der Waals surface area contributed by atoms with E-state index in [1.165, 1.54) is 5.56 Å². The molecular weight excluding hydrogens is 376 g/mol. The number of benzene rings is 3. The standard InChI is InChI=1S/C22H21BrO2/c23-20-11-12-22(25-16-18-6-2-1-3-7-18)21(15-20)19-10-4-8-17(14-19)9-5-13-24/h1-4,6-8,10-12,14-15,24H,5,9,13,16H2. The van der Waals surface area contributed by atoms with Gasteiger partial charge < -0.3 is 9.84 Å². The van der Waals surface area contributed by atoms with E-state index in [0.29, 0.717) is 6.61 Å². The van der Waals surface area contributed by atoms with Gasteiger partial charge in [-0.2, -0.15) is 0 Å². The summed E-state index contributed by atoms with van der Waals surface area (Å²) in [6.45, 7) is 0.756. The Morgan fingerprint density at radius 2 is 1.64 bits per heavy atom. The van der Waals surface area contributed by atoms with Crippen molar-refractivity contribution in [2.24, 2.45) is 0 Å². The molecule has 1 N–H and O–H groups in total. The fourth-order valence-corrected chi connectivity index (χ4v) is 3.13. The van der Waals surface area contributed by atoms with Crippen LogP contribution < -0.4 is 4.74 Å². The van der Waals surface area contributed by atoms with Crippen LogP contribution in [0.25, 0.3) is 11.1 Å². The third-order valence-corrected chi connectivity index (χ3v) is 4.53. The van der Waals surface area contributed by atoms with Crippen molar-refractivity contribution in [1.29, 1.82) is 0 Å². The van der Waals surface area contributed by atoms with Crippen molar-refractivity contribution >= 4 is 15.9 Å². The van der Waals surface area contributed by atoms with Gasteiger partial charge in [-0.05, 0) is 47.7 Å². The fourth-order valence-electron chi connectivity index (χ4n) is 2.77. The SMILES string of the molecule is OCCCc1cccc(-c2cc(Br)ccc2OCc2ccccc2)c1. The number of halogens is 1. The molecule has 3 heteroatoms. The van der Waals surface area contributed by atoms with Crippen LogP contribution in [-0.2, 0) is 13.0 Å². The van der Waals surface area contributed by atoms with Crippen molar-refractivity contribution in [3.8, 4) is 16.9 Å². The Labute approximate surface area is 157 Å². The van der Waals surface area contributed by atoms with E-state index in [0.717, 1.165) is 39.8 Å². The molecule has 0 aliphatic carbocycles. The molecule has 0 atom stereocenters. The van der Waals surface area contributed by atoms with Gasteiger partial charge >= 0.3 is 0 Å². The van der Waals surface area contributed by atoms with Crippen LogP contribution in [0, 0.1) is 0 Å². The molecule has 0 radical (unpaired) electrons. The fraction of sp³-hybridized carbons (Fsp3) is 0.182. The van der Waals surface area contributed by atoms with Crippen molar-refractivity contribution in [1.82, 2.24) is 0 Å². The minimum atomic E-state index is 0.215. The van der Waals surface area contributed by atoms with Crippen molar-refractivity contribution in [3.05, 3.63) is 88.4 Å². The number of hydrogen-bond acceptors (Lipinski definition) is 2. The Morgan fingerprint density at radius 1 is 0.840 bits per heavy atom. The first kappa shape index (κ1) is 17.7. The topological polar surface area (TPSA) is 29.5 Å². The average Bonchev–Trinajstić information content (AvgIpc) is 2.66. The van der Waals surface area contributed by atoms with Gasteiger partial charge in [0.15, 0.2) is 0 Å². The van der Waals surface area contributed by atoms with Crippen molar-refractivity contribution in [3.63, 3.8) is 0 Å². The highest BCUT2D eigenvalue weighted by atomic mass is 79.9. The molecule has 3 aromatic carbocycles. The van der Waals surface area contributed by atoms with Gasteiger partial charge in [0.05, 0.1) is 0 Å². The molecule has 0 aliphatic rings. The first-order valence-corrected chi connectivity index (χ1v) is 9.22. The van der Waals surface area contributed by atoms with Crippen LogP contribution >= 0.6 is 15.9 Å². The summed E-state index contributed by atoms with van der Waals surface area (Å²) >= 11 is 3.56. The summed E-state index contributed by atoms with van der Waals surface area (Å²) in [4.78, 5) is 0. The zero-order valence-electron chi connectivity index (χ0n) is 14.0. The van der Waals surface area contributed by atoms with Crippen LogP contribution in [0.3, 0.4) is 0 Å². The van der Waals surface area contributed by atoms with E-state index < -0.39 is 0 Å². The van der Waals surface area contributed by atoms with Gasteiger partial charge in [0, 0.05) is 16.6 Å². The second-order valence-electron chi connectivity index (χ2n) is 5.94. The second-order valence-corrected chi connectivity index (χ2v) is 6.86. The van der Waals surface area contributed by atoms with Crippen LogP contribution in [0.1, 0.15) is 17.5 Å². The molecule has 0 aliphatic heterocycles. The quantitative estimate of drug-likeness (QED) is 0.561. The van der Waals surface area contributed by atoms with Gasteiger partial charge in [0.2, 0.25) is 0 Å². The zero-order valence-corrected chi connectivity index (χ0v) is 15.6. The number of ether oxygens (including phenoxy) is 1. The normalized spacial score (nSPS) is 10.6. The molecule has 0 saturated carbocycles. The lowest BCUT2D eigenvalue weighted by Crippen LogP contribution is -1.97. The molecule has 128 valence electrons. The maximum absolute atomic E-state index is 9.05. The average molecular weight is 397 g/mol. The molecule has 0 saturated heterocycles. The lowest BCUT2D eigenvalue weighted by molar-refractivity contribution is 0.288. The highest BCUT2D eigenvalue weighted by Crippen LogP contribution is 2.34. The molecule has 0 unspecified atom stereocenters. The lowest BCUT2D eigenvalue weighted by atomic mass is 10.0. The number of rotatable bonds is 7. The molecule has 25 heavy (non-hydrogen) atoms. The summed E-state index contributed by atoms with van der Waals surface area (Å²) in [6.07, 6.45) is 1.65. The Bertz CT molecular complexity index is 815. The van der Waals surface area contributed by atoms with E-state index in [4.69, 9.17) is 9.84 Å². The Balaban J connectivity index is 1.86. The molecule has 0 spiro atoms. The number of hydrogen-bond donors (Lipinski definition) is 1. The molecule has 0 fully saturated rings. The summed E-state index contributed by atoms with van der Waals surface area (Å²) in [6, 6.07) is 24.7. The maximum atomic E-state index is 9.05. The Kier molecular flexibility index (Phi) is 6.26. The van der Waals surface area contributed by atoms with Crippen LogP contribution in [0.15, 0.2) is 77.3 Å². The van der Waals surface area contributed by atoms with E-state index in [9.17, 15) is 0 Å². The van der Waals surface area contributed by atoms with Crippen LogP contribution in [-0.4, -0.2) is 11.7 Å².